The number of hydrogen-bond donors (Lipinski definition) is 3. The number of anilines is 4. The number of amides is 3. The summed E-state index contributed by atoms with van der Waals surface area (Å²) in [6, 6.07) is 23.1. The molecule has 0 unspecified atom stereocenters. The van der Waals surface area contributed by atoms with Gasteiger partial charge in [0, 0.05) is 126 Å². The lowest BCUT2D eigenvalue weighted by Gasteiger charge is -2.40. The van der Waals surface area contributed by atoms with E-state index in [2.05, 4.69) is 44.9 Å². The second kappa shape index (κ2) is 43.6. The summed E-state index contributed by atoms with van der Waals surface area (Å²) in [5.74, 6) is -0.703. The lowest BCUT2D eigenvalue weighted by atomic mass is 9.99. The minimum atomic E-state index is -1.13. The minimum absolute atomic E-state index is 0.0452. The molecule has 12 aromatic rings. The molecule has 32 nitrogen and oxygen atoms in total. The normalized spacial score (nSPS) is 16.1. The van der Waals surface area contributed by atoms with Crippen molar-refractivity contribution in [2.24, 2.45) is 0 Å². The SMILES string of the molecule is C=CC(=O)N1CCN(c2nc(=O)n(-c3c(C(C)C)nc(CC(C)(C)O)nc3C(C)C)c3nc(-c4ccccc4F)c(Cl)cc23)[C@@H](C)C1.C=CC(=O)N1CCN(c2nc(=O)n(-c3c(C(C)C)nc(N4CCNCC4)nc3C(C)C)c3nc(-c4ccccc4F)c(Cl)cc23)[C@@H](C)C1.C=CC(=O)N1CCN(c2nc(=O)n(-c3c(C(C)C)nc(OCC(C)(C)O)nc3C(C)C)c3nc(-c4ccccc4F)c(Cl)cc23)[C@@H](C)C1. The third kappa shape index (κ3) is 22.5. The summed E-state index contributed by atoms with van der Waals surface area (Å²) >= 11 is 20.6. The number of hydrogen-bond acceptors (Lipinski definition) is 26. The first-order chi connectivity index (χ1) is 67.7. The van der Waals surface area contributed by atoms with Crippen LogP contribution >= 0.6 is 34.8 Å². The molecule has 3 aromatic carbocycles. The molecule has 0 spiro atoms. The second-order valence-corrected chi connectivity index (χ2v) is 40.8. The Kier molecular flexibility index (Phi) is 32.3. The van der Waals surface area contributed by atoms with Crippen molar-refractivity contribution >= 4 is 109 Å². The first kappa shape index (κ1) is 106. The van der Waals surface area contributed by atoms with E-state index in [0.717, 1.165) is 26.2 Å². The van der Waals surface area contributed by atoms with Gasteiger partial charge in [0.1, 0.15) is 47.3 Å². The number of piperazine rings is 4. The van der Waals surface area contributed by atoms with Crippen LogP contribution in [0.25, 0.3) is 83.9 Å². The van der Waals surface area contributed by atoms with Gasteiger partial charge in [0.15, 0.2) is 16.9 Å². The highest BCUT2D eigenvalue weighted by Gasteiger charge is 2.39. The summed E-state index contributed by atoms with van der Waals surface area (Å²) in [6.45, 7) is 53.9. The van der Waals surface area contributed by atoms with Crippen molar-refractivity contribution in [2.45, 2.75) is 203 Å². The Balaban J connectivity index is 0.000000170. The van der Waals surface area contributed by atoms with Crippen LogP contribution in [0.5, 0.6) is 6.01 Å². The average Bonchev–Trinajstić information content (AvgIpc) is 0.735. The summed E-state index contributed by atoms with van der Waals surface area (Å²) in [6.07, 6.45) is 4.09. The summed E-state index contributed by atoms with van der Waals surface area (Å²) in [7, 11) is 0. The fourth-order valence-electron chi connectivity index (χ4n) is 18.3. The molecule has 16 rings (SSSR count). The van der Waals surface area contributed by atoms with Crippen molar-refractivity contribution in [3.63, 3.8) is 0 Å². The first-order valence-electron chi connectivity index (χ1n) is 48.2. The molecule has 754 valence electrons. The van der Waals surface area contributed by atoms with Gasteiger partial charge in [0.05, 0.1) is 111 Å². The van der Waals surface area contributed by atoms with Gasteiger partial charge < -0.3 is 54.6 Å². The number of nitrogens with zero attached hydrogens (tertiary/aromatic N) is 22. The van der Waals surface area contributed by atoms with Crippen LogP contribution in [0.4, 0.5) is 36.6 Å². The number of aromatic nitrogens is 15. The van der Waals surface area contributed by atoms with Gasteiger partial charge in [-0.15, -0.1) is 0 Å². The number of benzene rings is 3. The van der Waals surface area contributed by atoms with Gasteiger partial charge in [-0.2, -0.15) is 24.9 Å². The van der Waals surface area contributed by atoms with E-state index in [1.807, 2.05) is 119 Å². The van der Waals surface area contributed by atoms with Gasteiger partial charge in [-0.3, -0.25) is 14.4 Å². The predicted molar refractivity (Wildman–Crippen MR) is 556 cm³/mol. The van der Waals surface area contributed by atoms with Crippen LogP contribution in [-0.2, 0) is 20.8 Å². The highest BCUT2D eigenvalue weighted by Crippen LogP contribution is 2.44. The van der Waals surface area contributed by atoms with E-state index < -0.39 is 45.7 Å². The molecule has 3 amide bonds. The molecule has 4 saturated heterocycles. The Morgan fingerprint density at radius 3 is 0.979 bits per heavy atom. The zero-order valence-corrected chi connectivity index (χ0v) is 86.4. The van der Waals surface area contributed by atoms with E-state index in [1.54, 1.807) is 115 Å². The van der Waals surface area contributed by atoms with Crippen LogP contribution in [0, 0.1) is 17.5 Å². The molecule has 4 fully saturated rings. The number of halogens is 6. The zero-order chi connectivity index (χ0) is 104. The van der Waals surface area contributed by atoms with Gasteiger partial charge in [0.25, 0.3) is 0 Å². The standard InChI is InChI=1S/C35H41ClFN9O2.C35H41ClFN7O4.C35H41ClFN7O3/c1-7-27(47)44-16-17-45(22(6)19-44)32-24-18-25(36)30(23-10-8-9-11-26(23)37)39-33(24)46(35(48)42-32)31-28(20(2)3)40-34(41-29(31)21(4)5)43-14-12-38-13-15-43;1-9-26(45)42-14-15-43(21(6)17-42)31-23-16-24(36)29(22-12-10-11-13-25(22)37)38-32(23)44(34(46)41-31)30-27(19(2)3)39-33(40-28(30)20(4)5)48-18-35(7,8)47;1-9-27(45)42-14-15-43(21(6)18-42)32-23-16-24(36)30(22-12-10-11-13-25(22)37)40-33(23)44(34(46)41-32)31-28(19(2)3)38-26(17-35(7,8)47)39-29(31)20(4)5/h7-11,18,20-22,38H,1,12-17,19H2,2-6H3;9-13,16,19-21,47H,1,14-15,17-18H2,2-8H3;9-13,16,19-21,47H,1,14-15,17-18H2,2-8H3/t22-;2*21-/m000/s1. The summed E-state index contributed by atoms with van der Waals surface area (Å²) in [5.41, 5.74) is 2.76. The smallest absolute Gasteiger partial charge is 0.355 e. The molecule has 3 N–H and O–H groups in total. The summed E-state index contributed by atoms with van der Waals surface area (Å²) in [4.78, 5) is 152. The van der Waals surface area contributed by atoms with Crippen molar-refractivity contribution in [2.75, 3.05) is 111 Å². The van der Waals surface area contributed by atoms with E-state index >= 15 is 13.2 Å². The molecule has 143 heavy (non-hydrogen) atoms. The Bertz CT molecular complexity index is 7030. The topological polar surface area (TPSA) is 356 Å². The molecule has 9 aromatic heterocycles. The van der Waals surface area contributed by atoms with Crippen molar-refractivity contribution in [1.82, 2.24) is 93.5 Å². The van der Waals surface area contributed by atoms with Crippen LogP contribution in [0.15, 0.2) is 143 Å². The summed E-state index contributed by atoms with van der Waals surface area (Å²) < 4.78 is 55.6. The number of carbonyl (C=O) groups excluding carboxylic acids is 3. The monoisotopic (exact) mass is 2010 g/mol. The minimum Gasteiger partial charge on any atom is -0.460 e. The number of rotatable bonds is 24. The Hall–Kier alpha value is -13.1. The molecule has 4 aliphatic rings. The van der Waals surface area contributed by atoms with E-state index in [1.165, 1.54) is 50.1 Å². The molecular formula is C105H123Cl3F3N23O9. The van der Waals surface area contributed by atoms with Crippen molar-refractivity contribution < 1.29 is 42.5 Å². The van der Waals surface area contributed by atoms with Gasteiger partial charge >= 0.3 is 23.1 Å². The second-order valence-electron chi connectivity index (χ2n) is 39.5. The highest BCUT2D eigenvalue weighted by molar-refractivity contribution is 6.35. The Labute approximate surface area is 843 Å². The van der Waals surface area contributed by atoms with E-state index in [-0.39, 0.29) is 156 Å². The van der Waals surface area contributed by atoms with Gasteiger partial charge in [0.2, 0.25) is 23.7 Å². The van der Waals surface area contributed by atoms with Crippen LogP contribution < -0.4 is 46.7 Å². The largest absolute Gasteiger partial charge is 0.460 e. The Morgan fingerprint density at radius 1 is 0.427 bits per heavy atom. The number of carbonyl (C=O) groups is 3. The average molecular weight is 2010 g/mol. The third-order valence-corrected chi connectivity index (χ3v) is 26.1. The van der Waals surface area contributed by atoms with Gasteiger partial charge in [-0.25, -0.2) is 76.1 Å². The molecule has 3 atom stereocenters. The van der Waals surface area contributed by atoms with Crippen LogP contribution in [-0.4, -0.2) is 237 Å². The van der Waals surface area contributed by atoms with Gasteiger partial charge in [-0.1, -0.05) is 174 Å². The summed E-state index contributed by atoms with van der Waals surface area (Å²) in [5, 5.41) is 26.3. The van der Waals surface area contributed by atoms with Crippen molar-refractivity contribution in [3.8, 4) is 56.8 Å². The molecular weight excluding hydrogens is 1890 g/mol. The quantitative estimate of drug-likeness (QED) is 0.0473. The maximum atomic E-state index is 15.2. The first-order valence-corrected chi connectivity index (χ1v) is 49.3. The molecule has 13 heterocycles. The van der Waals surface area contributed by atoms with E-state index in [9.17, 15) is 39.0 Å². The molecule has 0 aliphatic carbocycles. The fourth-order valence-corrected chi connectivity index (χ4v) is 19.0. The molecule has 0 radical (unpaired) electrons. The highest BCUT2D eigenvalue weighted by atomic mass is 35.5. The fraction of sp³-hybridized carbons (Fsp3) is 0.429. The van der Waals surface area contributed by atoms with E-state index in [4.69, 9.17) is 84.4 Å². The van der Waals surface area contributed by atoms with Gasteiger partial charge in [-0.05, 0) is 157 Å². The number of pyridine rings is 3. The lowest BCUT2D eigenvalue weighted by molar-refractivity contribution is -0.127. The van der Waals surface area contributed by atoms with Crippen LogP contribution in [0.2, 0.25) is 15.1 Å². The maximum Gasteiger partial charge on any atom is 0.355 e. The third-order valence-electron chi connectivity index (χ3n) is 25.3. The van der Waals surface area contributed by atoms with Crippen LogP contribution in [0.3, 0.4) is 0 Å². The maximum absolute atomic E-state index is 15.2. The zero-order valence-electron chi connectivity index (χ0n) is 84.2. The molecule has 4 aliphatic heterocycles. The van der Waals surface area contributed by atoms with E-state index in [0.29, 0.717) is 156 Å². The van der Waals surface area contributed by atoms with Crippen molar-refractivity contribution in [1.29, 1.82) is 0 Å². The number of aliphatic hydroxyl groups is 2. The number of fused-ring (bicyclic) bond motifs is 3. The molecule has 0 saturated carbocycles. The predicted octanol–water partition coefficient (Wildman–Crippen LogP) is 16.4. The molecule has 38 heteroatoms. The number of ether oxygens (including phenoxy) is 1. The number of nitrogens with one attached hydrogen (secondary N) is 1. The van der Waals surface area contributed by atoms with Crippen LogP contribution in [0.1, 0.15) is 207 Å². The molecule has 0 bridgehead atoms. The lowest BCUT2D eigenvalue weighted by Crippen LogP contribution is -2.54. The van der Waals surface area contributed by atoms with Crippen molar-refractivity contribution in [3.05, 3.63) is 233 Å². The Morgan fingerprint density at radius 2 is 0.713 bits per heavy atom.